The molecule has 0 aliphatic heterocycles. The molecule has 2 heterocycles. The Morgan fingerprint density at radius 2 is 2.00 bits per heavy atom. The van der Waals surface area contributed by atoms with E-state index in [1.807, 2.05) is 23.0 Å². The average molecular weight is 309 g/mol. The van der Waals surface area contributed by atoms with Gasteiger partial charge in [0.1, 0.15) is 4.60 Å². The van der Waals surface area contributed by atoms with Crippen LogP contribution in [0.5, 0.6) is 0 Å². The normalized spacial score (nSPS) is 17.8. The van der Waals surface area contributed by atoms with E-state index in [9.17, 15) is 0 Å². The van der Waals surface area contributed by atoms with Crippen LogP contribution in [0.3, 0.4) is 0 Å². The van der Waals surface area contributed by atoms with Crippen molar-refractivity contribution in [3.05, 3.63) is 23.2 Å². The van der Waals surface area contributed by atoms with E-state index in [0.717, 1.165) is 16.1 Å². The van der Waals surface area contributed by atoms with Crippen LogP contribution in [0.2, 0.25) is 0 Å². The summed E-state index contributed by atoms with van der Waals surface area (Å²) < 4.78 is 2.83. The summed E-state index contributed by atoms with van der Waals surface area (Å²) in [5.74, 6) is 0.890. The number of halogens is 1. The number of fused-ring (bicyclic) bond motifs is 1. The summed E-state index contributed by atoms with van der Waals surface area (Å²) in [6.07, 6.45) is 13.5. The maximum absolute atomic E-state index is 4.52. The fraction of sp³-hybridized carbons (Fsp3) is 0.538. The van der Waals surface area contributed by atoms with Gasteiger partial charge in [-0.2, -0.15) is 0 Å². The van der Waals surface area contributed by atoms with E-state index in [-0.39, 0.29) is 0 Å². The largest absolute Gasteiger partial charge is 0.364 e. The van der Waals surface area contributed by atoms with Crippen molar-refractivity contribution in [2.75, 3.05) is 5.32 Å². The predicted octanol–water partition coefficient (Wildman–Crippen LogP) is 3.63. The van der Waals surface area contributed by atoms with Gasteiger partial charge in [0, 0.05) is 24.6 Å². The quantitative estimate of drug-likeness (QED) is 0.862. The molecule has 1 aliphatic carbocycles. The number of rotatable bonds is 2. The van der Waals surface area contributed by atoms with Crippen molar-refractivity contribution in [2.45, 2.75) is 44.6 Å². The molecule has 18 heavy (non-hydrogen) atoms. The zero-order chi connectivity index (χ0) is 12.4. The minimum Gasteiger partial charge on any atom is -0.364 e. The summed E-state index contributed by atoms with van der Waals surface area (Å²) in [5, 5.41) is 3.57. The molecular weight excluding hydrogens is 292 g/mol. The van der Waals surface area contributed by atoms with Crippen LogP contribution in [-0.4, -0.2) is 20.4 Å². The van der Waals surface area contributed by atoms with Crippen molar-refractivity contribution in [1.29, 1.82) is 0 Å². The van der Waals surface area contributed by atoms with Gasteiger partial charge in [0.2, 0.25) is 0 Å². The molecule has 1 N–H and O–H groups in total. The first-order valence-corrected chi connectivity index (χ1v) is 7.38. The van der Waals surface area contributed by atoms with Crippen LogP contribution in [0.15, 0.2) is 23.2 Å². The summed E-state index contributed by atoms with van der Waals surface area (Å²) in [6.45, 7) is 0. The number of imidazole rings is 1. The van der Waals surface area contributed by atoms with Crippen LogP contribution in [0, 0.1) is 0 Å². The highest BCUT2D eigenvalue weighted by molar-refractivity contribution is 9.10. The molecule has 0 bridgehead atoms. The molecule has 5 heteroatoms. The number of nitrogens with one attached hydrogen (secondary N) is 1. The molecule has 96 valence electrons. The Balaban J connectivity index is 1.86. The molecule has 0 aromatic carbocycles. The lowest BCUT2D eigenvalue weighted by molar-refractivity contribution is 0.617. The lowest BCUT2D eigenvalue weighted by Gasteiger charge is -2.17. The van der Waals surface area contributed by atoms with Gasteiger partial charge < -0.3 is 9.72 Å². The maximum atomic E-state index is 4.52. The van der Waals surface area contributed by atoms with Crippen molar-refractivity contribution in [3.63, 3.8) is 0 Å². The first kappa shape index (κ1) is 12.0. The van der Waals surface area contributed by atoms with Crippen LogP contribution < -0.4 is 5.32 Å². The highest BCUT2D eigenvalue weighted by Gasteiger charge is 2.15. The minimum atomic E-state index is 0.537. The van der Waals surface area contributed by atoms with Gasteiger partial charge in [-0.15, -0.1) is 0 Å². The van der Waals surface area contributed by atoms with Gasteiger partial charge in [-0.1, -0.05) is 25.7 Å². The summed E-state index contributed by atoms with van der Waals surface area (Å²) in [4.78, 5) is 8.89. The molecule has 1 saturated carbocycles. The summed E-state index contributed by atoms with van der Waals surface area (Å²) >= 11 is 3.45. The third-order valence-corrected chi connectivity index (χ3v) is 3.92. The van der Waals surface area contributed by atoms with Gasteiger partial charge in [0.05, 0.1) is 0 Å². The van der Waals surface area contributed by atoms with E-state index in [1.54, 1.807) is 0 Å². The molecular formula is C13H17BrN4. The molecule has 3 rings (SSSR count). The lowest BCUT2D eigenvalue weighted by Crippen LogP contribution is -2.19. The third kappa shape index (κ3) is 2.51. The van der Waals surface area contributed by atoms with E-state index in [4.69, 9.17) is 0 Å². The molecule has 2 aromatic rings. The number of aromatic nitrogens is 3. The van der Waals surface area contributed by atoms with E-state index in [0.29, 0.717) is 6.04 Å². The fourth-order valence-electron chi connectivity index (χ4n) is 2.61. The second-order valence-corrected chi connectivity index (χ2v) is 5.72. The monoisotopic (exact) mass is 308 g/mol. The topological polar surface area (TPSA) is 42.2 Å². The molecule has 1 fully saturated rings. The summed E-state index contributed by atoms with van der Waals surface area (Å²) in [7, 11) is 0. The van der Waals surface area contributed by atoms with Crippen LogP contribution in [0.1, 0.15) is 38.5 Å². The molecule has 1 aliphatic rings. The van der Waals surface area contributed by atoms with Crippen molar-refractivity contribution < 1.29 is 0 Å². The third-order valence-electron chi connectivity index (χ3n) is 3.54. The number of hydrogen-bond acceptors (Lipinski definition) is 3. The molecule has 0 atom stereocenters. The Labute approximate surface area is 115 Å². The second-order valence-electron chi connectivity index (χ2n) is 4.90. The van der Waals surface area contributed by atoms with Crippen molar-refractivity contribution in [1.82, 2.24) is 14.4 Å². The summed E-state index contributed by atoms with van der Waals surface area (Å²) in [5.41, 5.74) is 0.905. The van der Waals surface area contributed by atoms with E-state index in [1.165, 1.54) is 38.5 Å². The average Bonchev–Trinajstić information content (AvgIpc) is 2.66. The van der Waals surface area contributed by atoms with Crippen LogP contribution in [-0.2, 0) is 0 Å². The number of anilines is 1. The Morgan fingerprint density at radius 1 is 1.22 bits per heavy atom. The zero-order valence-electron chi connectivity index (χ0n) is 10.3. The molecule has 4 nitrogen and oxygen atoms in total. The van der Waals surface area contributed by atoms with Crippen LogP contribution in [0.25, 0.3) is 5.65 Å². The van der Waals surface area contributed by atoms with Gasteiger partial charge >= 0.3 is 0 Å². The number of nitrogens with zero attached hydrogens (tertiary/aromatic N) is 3. The van der Waals surface area contributed by atoms with Gasteiger partial charge in [0.15, 0.2) is 11.5 Å². The second kappa shape index (κ2) is 5.26. The van der Waals surface area contributed by atoms with Crippen molar-refractivity contribution in [2.24, 2.45) is 0 Å². The Hall–Kier alpha value is -1.10. The van der Waals surface area contributed by atoms with E-state index >= 15 is 0 Å². The molecule has 0 radical (unpaired) electrons. The molecule has 0 amide bonds. The first-order valence-electron chi connectivity index (χ1n) is 6.59. The molecule has 2 aromatic heterocycles. The highest BCUT2D eigenvalue weighted by atomic mass is 79.9. The zero-order valence-corrected chi connectivity index (χ0v) is 11.9. The smallest absolute Gasteiger partial charge is 0.180 e. The maximum Gasteiger partial charge on any atom is 0.180 e. The molecule has 0 unspecified atom stereocenters. The fourth-order valence-corrected chi connectivity index (χ4v) is 3.01. The Kier molecular flexibility index (Phi) is 3.50. The predicted molar refractivity (Wildman–Crippen MR) is 75.8 cm³/mol. The van der Waals surface area contributed by atoms with E-state index < -0.39 is 0 Å². The number of hydrogen-bond donors (Lipinski definition) is 1. The van der Waals surface area contributed by atoms with Crippen LogP contribution >= 0.6 is 15.9 Å². The Bertz CT molecular complexity index is 529. The molecule has 0 spiro atoms. The lowest BCUT2D eigenvalue weighted by atomic mass is 10.1. The summed E-state index contributed by atoms with van der Waals surface area (Å²) in [6, 6.07) is 0.537. The van der Waals surface area contributed by atoms with E-state index in [2.05, 4.69) is 31.2 Å². The first-order chi connectivity index (χ1) is 8.83. The van der Waals surface area contributed by atoms with Crippen LogP contribution in [0.4, 0.5) is 5.82 Å². The van der Waals surface area contributed by atoms with Crippen molar-refractivity contribution in [3.8, 4) is 0 Å². The standard InChI is InChI=1S/C13H17BrN4/c14-11-9-18-8-7-15-13(18)12(17-11)16-10-5-3-1-2-4-6-10/h7-10H,1-6H2,(H,16,17). The SMILES string of the molecule is Brc1cn2ccnc2c(NC2CCCCCC2)n1. The van der Waals surface area contributed by atoms with Gasteiger partial charge in [0.25, 0.3) is 0 Å². The molecule has 0 saturated heterocycles. The minimum absolute atomic E-state index is 0.537. The highest BCUT2D eigenvalue weighted by Crippen LogP contribution is 2.23. The van der Waals surface area contributed by atoms with Gasteiger partial charge in [-0.3, -0.25) is 0 Å². The van der Waals surface area contributed by atoms with Gasteiger partial charge in [-0.05, 0) is 28.8 Å². The van der Waals surface area contributed by atoms with Crippen molar-refractivity contribution >= 4 is 27.4 Å². The van der Waals surface area contributed by atoms with Gasteiger partial charge in [-0.25, -0.2) is 9.97 Å². The Morgan fingerprint density at radius 3 is 2.78 bits per heavy atom.